The molecule has 1 heterocycles. The molecule has 8 nitrogen and oxygen atoms in total. The normalized spacial score (nSPS) is 9.71. The summed E-state index contributed by atoms with van der Waals surface area (Å²) in [6, 6.07) is 4.83. The monoisotopic (exact) mass is 394 g/mol. The van der Waals surface area contributed by atoms with Crippen LogP contribution in [-0.4, -0.2) is 42.6 Å². The van der Waals surface area contributed by atoms with Crippen LogP contribution >= 0.6 is 0 Å². The predicted molar refractivity (Wildman–Crippen MR) is 97.9 cm³/mol. The number of esters is 1. The van der Waals surface area contributed by atoms with Crippen LogP contribution in [0.3, 0.4) is 0 Å². The van der Waals surface area contributed by atoms with E-state index in [0.717, 1.165) is 6.08 Å². The summed E-state index contributed by atoms with van der Waals surface area (Å²) in [5.41, 5.74) is 1.21. The number of carbonyl (C=O) groups excluding carboxylic acids is 2. The Labute approximate surface area is 162 Å². The van der Waals surface area contributed by atoms with Gasteiger partial charge in [-0.05, 0) is 44.4 Å². The average molecular weight is 394 g/mol. The maximum Gasteiger partial charge on any atom is 0.507 e. The topological polar surface area (TPSA) is 101 Å². The molecule has 0 spiro atoms. The predicted octanol–water partition coefficient (Wildman–Crippen LogP) is 3.77. The number of nitrogens with zero attached hydrogens (tertiary/aromatic N) is 2. The van der Waals surface area contributed by atoms with Crippen molar-refractivity contribution in [1.82, 2.24) is 10.1 Å². The number of unbranched alkanes of at least 4 members (excludes halogenated alkanes) is 1. The number of hydrogen-bond donors (Lipinski definition) is 0. The third kappa shape index (κ3) is 8.43. The lowest BCUT2D eigenvalue weighted by Gasteiger charge is -2.03. The molecule has 28 heavy (non-hydrogen) atoms. The van der Waals surface area contributed by atoms with E-state index in [1.165, 1.54) is 13.2 Å². The van der Waals surface area contributed by atoms with Crippen LogP contribution in [0.15, 0.2) is 35.4 Å². The molecule has 9 heteroatoms. The molecule has 0 saturated carbocycles. The Kier molecular flexibility index (Phi) is 9.95. The highest BCUT2D eigenvalue weighted by molar-refractivity contribution is 5.81. The standard InChI is InChI=1S/C10H9FN2O.C9H14O5/c1-6-3-4-8(5-9(6)11)10-12-7(2)13-14-10;1-3-8(10)13-6-4-5-7-14-9(11)12-2/h3-5H,1-2H3;3H,1,4-7H2,2H3. The van der Waals surface area contributed by atoms with Crippen LogP contribution < -0.4 is 0 Å². The summed E-state index contributed by atoms with van der Waals surface area (Å²) >= 11 is 0. The summed E-state index contributed by atoms with van der Waals surface area (Å²) in [5, 5.41) is 3.64. The molecule has 0 saturated heterocycles. The first-order valence-corrected chi connectivity index (χ1v) is 8.44. The van der Waals surface area contributed by atoms with E-state index in [2.05, 4.69) is 26.2 Å². The van der Waals surface area contributed by atoms with Crippen molar-refractivity contribution in [1.29, 1.82) is 0 Å². The molecule has 0 unspecified atom stereocenters. The Balaban J connectivity index is 0.000000280. The van der Waals surface area contributed by atoms with E-state index in [9.17, 15) is 14.0 Å². The molecule has 0 radical (unpaired) electrons. The zero-order chi connectivity index (χ0) is 20.9. The molecule has 0 atom stereocenters. The van der Waals surface area contributed by atoms with Gasteiger partial charge in [-0.3, -0.25) is 0 Å². The number of rotatable bonds is 7. The van der Waals surface area contributed by atoms with Crippen LogP contribution in [0.5, 0.6) is 0 Å². The molecule has 2 rings (SSSR count). The van der Waals surface area contributed by atoms with Gasteiger partial charge in [0.1, 0.15) is 5.82 Å². The van der Waals surface area contributed by atoms with Crippen molar-refractivity contribution in [3.63, 3.8) is 0 Å². The number of benzene rings is 1. The van der Waals surface area contributed by atoms with Crippen molar-refractivity contribution in [2.24, 2.45) is 0 Å². The van der Waals surface area contributed by atoms with Gasteiger partial charge in [-0.25, -0.2) is 14.0 Å². The van der Waals surface area contributed by atoms with Crippen molar-refractivity contribution >= 4 is 12.1 Å². The Morgan fingerprint density at radius 3 is 2.43 bits per heavy atom. The van der Waals surface area contributed by atoms with Gasteiger partial charge >= 0.3 is 12.1 Å². The van der Waals surface area contributed by atoms with E-state index in [4.69, 9.17) is 9.26 Å². The van der Waals surface area contributed by atoms with Gasteiger partial charge in [0.05, 0.1) is 20.3 Å². The smallest absolute Gasteiger partial charge is 0.463 e. The minimum absolute atomic E-state index is 0.262. The fourth-order valence-electron chi connectivity index (χ4n) is 1.79. The summed E-state index contributed by atoms with van der Waals surface area (Å²) in [6.45, 7) is 7.24. The number of hydrogen-bond acceptors (Lipinski definition) is 8. The first kappa shape index (κ1) is 22.8. The van der Waals surface area contributed by atoms with Crippen LogP contribution in [0.4, 0.5) is 9.18 Å². The van der Waals surface area contributed by atoms with E-state index in [1.54, 1.807) is 26.0 Å². The molecule has 1 aromatic heterocycles. The molecule has 0 N–H and O–H groups in total. The Morgan fingerprint density at radius 2 is 1.89 bits per heavy atom. The van der Waals surface area contributed by atoms with Gasteiger partial charge in [-0.1, -0.05) is 17.8 Å². The molecule has 0 amide bonds. The summed E-state index contributed by atoms with van der Waals surface area (Å²) in [5.74, 6) is 0.180. The first-order chi connectivity index (χ1) is 13.4. The molecule has 1 aromatic carbocycles. The van der Waals surface area contributed by atoms with Crippen molar-refractivity contribution in [3.8, 4) is 11.5 Å². The van der Waals surface area contributed by atoms with Gasteiger partial charge in [0, 0.05) is 11.6 Å². The third-order valence-electron chi connectivity index (χ3n) is 3.28. The molecule has 2 aromatic rings. The van der Waals surface area contributed by atoms with Crippen molar-refractivity contribution in [2.45, 2.75) is 26.7 Å². The number of carbonyl (C=O) groups is 2. The average Bonchev–Trinajstić information content (AvgIpc) is 3.13. The lowest BCUT2D eigenvalue weighted by atomic mass is 10.1. The summed E-state index contributed by atoms with van der Waals surface area (Å²) in [6.07, 6.45) is 1.66. The molecule has 152 valence electrons. The summed E-state index contributed by atoms with van der Waals surface area (Å²) in [7, 11) is 1.24. The maximum absolute atomic E-state index is 13.2. The molecule has 0 bridgehead atoms. The summed E-state index contributed by atoms with van der Waals surface area (Å²) in [4.78, 5) is 25.0. The van der Waals surface area contributed by atoms with Gasteiger partial charge < -0.3 is 18.7 Å². The first-order valence-electron chi connectivity index (χ1n) is 8.44. The molecule has 0 aliphatic rings. The maximum atomic E-state index is 13.2. The van der Waals surface area contributed by atoms with E-state index in [0.29, 0.717) is 42.3 Å². The largest absolute Gasteiger partial charge is 0.507 e. The van der Waals surface area contributed by atoms with E-state index < -0.39 is 12.1 Å². The van der Waals surface area contributed by atoms with Crippen molar-refractivity contribution < 1.29 is 32.7 Å². The highest BCUT2D eigenvalue weighted by Crippen LogP contribution is 2.19. The second kappa shape index (κ2) is 12.2. The van der Waals surface area contributed by atoms with Crippen LogP contribution in [-0.2, 0) is 19.0 Å². The minimum Gasteiger partial charge on any atom is -0.463 e. The Bertz CT molecular complexity index is 790. The van der Waals surface area contributed by atoms with Crippen molar-refractivity contribution in [2.75, 3.05) is 20.3 Å². The van der Waals surface area contributed by atoms with E-state index in [-0.39, 0.29) is 12.4 Å². The van der Waals surface area contributed by atoms with Gasteiger partial charge in [0.25, 0.3) is 5.89 Å². The number of aromatic nitrogens is 2. The Hall–Kier alpha value is -3.23. The van der Waals surface area contributed by atoms with E-state index >= 15 is 0 Å². The highest BCUT2D eigenvalue weighted by atomic mass is 19.1. The highest BCUT2D eigenvalue weighted by Gasteiger charge is 2.07. The quantitative estimate of drug-likeness (QED) is 0.397. The van der Waals surface area contributed by atoms with Gasteiger partial charge in [-0.15, -0.1) is 0 Å². The number of aryl methyl sites for hydroxylation is 2. The molecule has 0 aliphatic carbocycles. The van der Waals surface area contributed by atoms with Crippen molar-refractivity contribution in [3.05, 3.63) is 48.1 Å². The van der Waals surface area contributed by atoms with E-state index in [1.807, 2.05) is 0 Å². The zero-order valence-corrected chi connectivity index (χ0v) is 16.1. The zero-order valence-electron chi connectivity index (χ0n) is 16.1. The number of ether oxygens (including phenoxy) is 3. The number of methoxy groups -OCH3 is 1. The van der Waals surface area contributed by atoms with Gasteiger partial charge in [0.15, 0.2) is 5.82 Å². The van der Waals surface area contributed by atoms with Gasteiger partial charge in [0.2, 0.25) is 0 Å². The fourth-order valence-corrected chi connectivity index (χ4v) is 1.79. The third-order valence-corrected chi connectivity index (χ3v) is 3.28. The minimum atomic E-state index is -0.701. The van der Waals surface area contributed by atoms with Gasteiger partial charge in [-0.2, -0.15) is 4.98 Å². The number of halogens is 1. The Morgan fingerprint density at radius 1 is 1.21 bits per heavy atom. The van der Waals surface area contributed by atoms with Crippen LogP contribution in [0.25, 0.3) is 11.5 Å². The molecular formula is C19H23FN2O6. The second-order valence-electron chi connectivity index (χ2n) is 5.49. The fraction of sp³-hybridized carbons (Fsp3) is 0.368. The van der Waals surface area contributed by atoms with Crippen LogP contribution in [0.2, 0.25) is 0 Å². The lowest BCUT2D eigenvalue weighted by molar-refractivity contribution is -0.137. The second-order valence-corrected chi connectivity index (χ2v) is 5.49. The SMILES string of the molecule is C=CC(=O)OCCCCOC(=O)OC.Cc1noc(-c2ccc(C)c(F)c2)n1. The summed E-state index contributed by atoms with van der Waals surface area (Å²) < 4.78 is 31.7. The van der Waals surface area contributed by atoms with Crippen LogP contribution in [0.1, 0.15) is 24.2 Å². The molecular weight excluding hydrogens is 371 g/mol. The molecule has 0 aliphatic heterocycles. The van der Waals surface area contributed by atoms with Crippen LogP contribution in [0, 0.1) is 19.7 Å². The lowest BCUT2D eigenvalue weighted by Crippen LogP contribution is -2.07. The molecule has 0 fully saturated rings.